The molecule has 1 aromatic carbocycles. The summed E-state index contributed by atoms with van der Waals surface area (Å²) < 4.78 is 10.7. The van der Waals surface area contributed by atoms with Crippen LogP contribution < -0.4 is 14.4 Å². The molecular weight excluding hydrogens is 266 g/mol. The fourth-order valence-electron chi connectivity index (χ4n) is 1.94. The number of benzene rings is 1. The highest BCUT2D eigenvalue weighted by molar-refractivity contribution is 6.02. The summed E-state index contributed by atoms with van der Waals surface area (Å²) in [6.45, 7) is 1.36. The average Bonchev–Trinajstić information content (AvgIpc) is 2.41. The summed E-state index contributed by atoms with van der Waals surface area (Å²) in [6, 6.07) is 2.90. The number of rotatable bonds is 5. The largest absolute Gasteiger partial charge is 0.490 e. The van der Waals surface area contributed by atoms with Crippen LogP contribution in [-0.2, 0) is 9.59 Å². The summed E-state index contributed by atoms with van der Waals surface area (Å²) in [7, 11) is 0. The zero-order valence-electron chi connectivity index (χ0n) is 10.8. The second-order valence-corrected chi connectivity index (χ2v) is 4.08. The lowest BCUT2D eigenvalue weighted by Gasteiger charge is -2.29. The van der Waals surface area contributed by atoms with Gasteiger partial charge >= 0.3 is 5.97 Å². The molecule has 1 aliphatic rings. The van der Waals surface area contributed by atoms with Crippen molar-refractivity contribution in [1.82, 2.24) is 0 Å². The highest BCUT2D eigenvalue weighted by Gasteiger charge is 2.30. The SMILES string of the molecule is CCOc1cc(C=O)cc2c1OCC(=O)N2CC(=O)O. The lowest BCUT2D eigenvalue weighted by Crippen LogP contribution is -2.42. The molecule has 1 aliphatic heterocycles. The van der Waals surface area contributed by atoms with Gasteiger partial charge < -0.3 is 14.6 Å². The smallest absolute Gasteiger partial charge is 0.323 e. The molecule has 0 fully saturated rings. The second kappa shape index (κ2) is 5.60. The maximum absolute atomic E-state index is 11.8. The van der Waals surface area contributed by atoms with Crippen molar-refractivity contribution in [1.29, 1.82) is 0 Å². The third kappa shape index (κ3) is 2.56. The van der Waals surface area contributed by atoms with E-state index in [-0.39, 0.29) is 23.6 Å². The molecule has 0 unspecified atom stereocenters. The number of ether oxygens (including phenoxy) is 2. The van der Waals surface area contributed by atoms with Crippen molar-refractivity contribution in [2.45, 2.75) is 6.92 Å². The number of hydrogen-bond donors (Lipinski definition) is 1. The van der Waals surface area contributed by atoms with Gasteiger partial charge in [0.15, 0.2) is 18.1 Å². The monoisotopic (exact) mass is 279 g/mol. The van der Waals surface area contributed by atoms with E-state index in [9.17, 15) is 14.4 Å². The van der Waals surface area contributed by atoms with Crippen LogP contribution in [0, 0.1) is 0 Å². The molecule has 0 atom stereocenters. The minimum absolute atomic E-state index is 0.233. The van der Waals surface area contributed by atoms with E-state index < -0.39 is 18.4 Å². The number of carboxylic acid groups (broad SMARTS) is 1. The molecule has 0 aliphatic carbocycles. The molecule has 1 N–H and O–H groups in total. The van der Waals surface area contributed by atoms with Crippen LogP contribution in [0.15, 0.2) is 12.1 Å². The van der Waals surface area contributed by atoms with Gasteiger partial charge in [0, 0.05) is 5.56 Å². The third-order valence-corrected chi connectivity index (χ3v) is 2.72. The van der Waals surface area contributed by atoms with Gasteiger partial charge in [0.2, 0.25) is 0 Å². The second-order valence-electron chi connectivity index (χ2n) is 4.08. The average molecular weight is 279 g/mol. The first-order chi connectivity index (χ1) is 9.56. The number of amides is 1. The van der Waals surface area contributed by atoms with Crippen molar-refractivity contribution in [2.24, 2.45) is 0 Å². The van der Waals surface area contributed by atoms with Gasteiger partial charge in [-0.3, -0.25) is 19.3 Å². The molecular formula is C13H13NO6. The van der Waals surface area contributed by atoms with E-state index in [1.165, 1.54) is 12.1 Å². The first kappa shape index (κ1) is 13.9. The van der Waals surface area contributed by atoms with Gasteiger partial charge in [0.1, 0.15) is 12.8 Å². The Balaban J connectivity index is 2.53. The number of anilines is 1. The van der Waals surface area contributed by atoms with E-state index in [2.05, 4.69) is 0 Å². The number of aliphatic carboxylic acids is 1. The van der Waals surface area contributed by atoms with Crippen molar-refractivity contribution in [3.8, 4) is 11.5 Å². The highest BCUT2D eigenvalue weighted by Crippen LogP contribution is 2.41. The maximum Gasteiger partial charge on any atom is 0.323 e. The lowest BCUT2D eigenvalue weighted by molar-refractivity contribution is -0.137. The lowest BCUT2D eigenvalue weighted by atomic mass is 10.1. The molecule has 0 spiro atoms. The first-order valence-electron chi connectivity index (χ1n) is 5.97. The number of hydrogen-bond acceptors (Lipinski definition) is 5. The first-order valence-corrected chi connectivity index (χ1v) is 5.97. The number of aldehydes is 1. The van der Waals surface area contributed by atoms with Crippen LogP contribution in [0.2, 0.25) is 0 Å². The van der Waals surface area contributed by atoms with Crippen molar-refractivity contribution in [2.75, 3.05) is 24.7 Å². The molecule has 1 heterocycles. The Morgan fingerprint density at radius 2 is 2.30 bits per heavy atom. The molecule has 0 saturated heterocycles. The number of carbonyl (C=O) groups is 3. The number of fused-ring (bicyclic) bond motifs is 1. The summed E-state index contributed by atoms with van der Waals surface area (Å²) >= 11 is 0. The molecule has 106 valence electrons. The molecule has 20 heavy (non-hydrogen) atoms. The Kier molecular flexibility index (Phi) is 3.88. The van der Waals surface area contributed by atoms with E-state index in [0.29, 0.717) is 18.6 Å². The Morgan fingerprint density at radius 1 is 1.55 bits per heavy atom. The topological polar surface area (TPSA) is 93.1 Å². The van der Waals surface area contributed by atoms with Crippen LogP contribution in [-0.4, -0.2) is 43.0 Å². The minimum atomic E-state index is -1.15. The van der Waals surface area contributed by atoms with E-state index in [1.807, 2.05) is 0 Å². The van der Waals surface area contributed by atoms with Gasteiger partial charge in [0.05, 0.1) is 12.3 Å². The Morgan fingerprint density at radius 3 is 2.90 bits per heavy atom. The highest BCUT2D eigenvalue weighted by atomic mass is 16.5. The predicted molar refractivity (Wildman–Crippen MR) is 68.5 cm³/mol. The van der Waals surface area contributed by atoms with Gasteiger partial charge in [-0.05, 0) is 19.1 Å². The summed E-state index contributed by atoms with van der Waals surface area (Å²) in [5.74, 6) is -1.04. The van der Waals surface area contributed by atoms with Gasteiger partial charge in [-0.1, -0.05) is 0 Å². The Hall–Kier alpha value is -2.57. The zero-order valence-corrected chi connectivity index (χ0v) is 10.8. The van der Waals surface area contributed by atoms with Crippen LogP contribution in [0.3, 0.4) is 0 Å². The van der Waals surface area contributed by atoms with E-state index in [0.717, 1.165) is 4.90 Å². The van der Waals surface area contributed by atoms with E-state index in [4.69, 9.17) is 14.6 Å². The van der Waals surface area contributed by atoms with Gasteiger partial charge in [0.25, 0.3) is 5.91 Å². The number of carbonyl (C=O) groups excluding carboxylic acids is 2. The number of carboxylic acids is 1. The summed E-state index contributed by atoms with van der Waals surface area (Å²) in [5, 5.41) is 8.87. The normalized spacial score (nSPS) is 13.4. The summed E-state index contributed by atoms with van der Waals surface area (Å²) in [4.78, 5) is 34.6. The van der Waals surface area contributed by atoms with Crippen molar-refractivity contribution >= 4 is 23.9 Å². The van der Waals surface area contributed by atoms with Crippen molar-refractivity contribution < 1.29 is 29.0 Å². The third-order valence-electron chi connectivity index (χ3n) is 2.72. The standard InChI is InChI=1S/C13H13NO6/c1-2-19-10-4-8(6-15)3-9-13(10)20-7-11(16)14(9)5-12(17)18/h3-4,6H,2,5,7H2,1H3,(H,17,18). The van der Waals surface area contributed by atoms with Crippen LogP contribution in [0.5, 0.6) is 11.5 Å². The summed E-state index contributed by atoms with van der Waals surface area (Å²) in [5.41, 5.74) is 0.512. The fraction of sp³-hybridized carbons (Fsp3) is 0.308. The van der Waals surface area contributed by atoms with Crippen LogP contribution in [0.25, 0.3) is 0 Å². The van der Waals surface area contributed by atoms with E-state index >= 15 is 0 Å². The van der Waals surface area contributed by atoms with Crippen LogP contribution >= 0.6 is 0 Å². The molecule has 1 amide bonds. The van der Waals surface area contributed by atoms with Crippen molar-refractivity contribution in [3.05, 3.63) is 17.7 Å². The van der Waals surface area contributed by atoms with Crippen molar-refractivity contribution in [3.63, 3.8) is 0 Å². The molecule has 7 heteroatoms. The molecule has 0 bridgehead atoms. The van der Waals surface area contributed by atoms with Crippen LogP contribution in [0.1, 0.15) is 17.3 Å². The molecule has 0 aromatic heterocycles. The Labute approximate surface area is 114 Å². The summed E-state index contributed by atoms with van der Waals surface area (Å²) in [6.07, 6.45) is 0.598. The molecule has 0 saturated carbocycles. The predicted octanol–water partition coefficient (Wildman–Crippen LogP) is 0.708. The molecule has 0 radical (unpaired) electrons. The van der Waals surface area contributed by atoms with E-state index in [1.54, 1.807) is 6.92 Å². The molecule has 2 rings (SSSR count). The van der Waals surface area contributed by atoms with Crippen LogP contribution in [0.4, 0.5) is 5.69 Å². The zero-order chi connectivity index (χ0) is 14.7. The number of nitrogens with zero attached hydrogens (tertiary/aromatic N) is 1. The maximum atomic E-state index is 11.8. The molecule has 1 aromatic rings. The van der Waals surface area contributed by atoms with Gasteiger partial charge in [-0.2, -0.15) is 0 Å². The molecule has 7 nitrogen and oxygen atoms in total. The van der Waals surface area contributed by atoms with Gasteiger partial charge in [-0.25, -0.2) is 0 Å². The quantitative estimate of drug-likeness (QED) is 0.798. The fourth-order valence-corrected chi connectivity index (χ4v) is 1.94. The van der Waals surface area contributed by atoms with Gasteiger partial charge in [-0.15, -0.1) is 0 Å². The Bertz CT molecular complexity index is 568. The minimum Gasteiger partial charge on any atom is -0.490 e.